The summed E-state index contributed by atoms with van der Waals surface area (Å²) in [6.07, 6.45) is 0.949. The van der Waals surface area contributed by atoms with Crippen LogP contribution in [0.3, 0.4) is 0 Å². The van der Waals surface area contributed by atoms with Crippen molar-refractivity contribution in [2.45, 2.75) is 25.7 Å². The summed E-state index contributed by atoms with van der Waals surface area (Å²) < 4.78 is 5.15. The lowest BCUT2D eigenvalue weighted by Crippen LogP contribution is -2.29. The van der Waals surface area contributed by atoms with Crippen molar-refractivity contribution in [2.24, 2.45) is 5.10 Å². The lowest BCUT2D eigenvalue weighted by Gasteiger charge is -2.13. The van der Waals surface area contributed by atoms with Crippen molar-refractivity contribution < 1.29 is 14.3 Å². The van der Waals surface area contributed by atoms with Gasteiger partial charge in [0.05, 0.1) is 18.7 Å². The van der Waals surface area contributed by atoms with Crippen LogP contribution in [-0.2, 0) is 14.3 Å². The number of carbonyl (C=O) groups is 2. The zero-order valence-corrected chi connectivity index (χ0v) is 14.8. The van der Waals surface area contributed by atoms with Gasteiger partial charge in [0.25, 0.3) is 5.91 Å². The molecule has 0 fully saturated rings. The lowest BCUT2D eigenvalue weighted by atomic mass is 9.98. The standard InChI is InChI=1S/C21H22N2O3/c1-16(17-8-4-2-5-9-17)14-21(25)26-15-20(24)23-13-12-19(22-23)18-10-6-3-7-11-18/h2-11,16H,12-15H2,1H3. The molecule has 1 aliphatic heterocycles. The average Bonchev–Trinajstić information content (AvgIpc) is 3.18. The Bertz CT molecular complexity index is 787. The van der Waals surface area contributed by atoms with Gasteiger partial charge >= 0.3 is 5.97 Å². The number of hydrogen-bond acceptors (Lipinski definition) is 4. The summed E-state index contributed by atoms with van der Waals surface area (Å²) in [6, 6.07) is 19.5. The van der Waals surface area contributed by atoms with Crippen molar-refractivity contribution in [3.05, 3.63) is 71.8 Å². The van der Waals surface area contributed by atoms with Gasteiger partial charge in [0, 0.05) is 6.42 Å². The Labute approximate surface area is 153 Å². The Balaban J connectivity index is 1.48. The van der Waals surface area contributed by atoms with Gasteiger partial charge in [-0.3, -0.25) is 9.59 Å². The summed E-state index contributed by atoms with van der Waals surface area (Å²) in [5.74, 6) is -0.619. The van der Waals surface area contributed by atoms with Crippen molar-refractivity contribution in [3.8, 4) is 0 Å². The summed E-state index contributed by atoms with van der Waals surface area (Å²) in [4.78, 5) is 24.2. The Hall–Kier alpha value is -2.95. The number of rotatable bonds is 6. The first kappa shape index (κ1) is 17.9. The fraction of sp³-hybridized carbons (Fsp3) is 0.286. The molecule has 1 amide bonds. The molecule has 3 rings (SSSR count). The van der Waals surface area contributed by atoms with Crippen LogP contribution in [0.15, 0.2) is 65.8 Å². The maximum absolute atomic E-state index is 12.2. The van der Waals surface area contributed by atoms with E-state index in [2.05, 4.69) is 5.10 Å². The second-order valence-corrected chi connectivity index (χ2v) is 6.36. The molecule has 2 aromatic rings. The number of hydrazone groups is 1. The summed E-state index contributed by atoms with van der Waals surface area (Å²) in [7, 11) is 0. The highest BCUT2D eigenvalue weighted by Gasteiger charge is 2.23. The number of nitrogens with zero attached hydrogens (tertiary/aromatic N) is 2. The highest BCUT2D eigenvalue weighted by molar-refractivity contribution is 6.02. The van der Waals surface area contributed by atoms with Crippen LogP contribution < -0.4 is 0 Å². The molecule has 0 spiro atoms. The summed E-state index contributed by atoms with van der Waals surface area (Å²) in [5, 5.41) is 5.74. The largest absolute Gasteiger partial charge is 0.455 e. The van der Waals surface area contributed by atoms with Crippen molar-refractivity contribution in [2.75, 3.05) is 13.2 Å². The SMILES string of the molecule is CC(CC(=O)OCC(=O)N1CCC(c2ccccc2)=N1)c1ccccc1. The maximum atomic E-state index is 12.2. The zero-order chi connectivity index (χ0) is 18.4. The minimum Gasteiger partial charge on any atom is -0.455 e. The van der Waals surface area contributed by atoms with Crippen molar-refractivity contribution >= 4 is 17.6 Å². The number of amides is 1. The normalized spacial score (nSPS) is 14.7. The molecule has 0 aliphatic carbocycles. The predicted molar refractivity (Wildman–Crippen MR) is 99.7 cm³/mol. The maximum Gasteiger partial charge on any atom is 0.306 e. The van der Waals surface area contributed by atoms with Crippen LogP contribution in [0, 0.1) is 0 Å². The fourth-order valence-corrected chi connectivity index (χ4v) is 2.90. The van der Waals surface area contributed by atoms with Crippen LogP contribution in [0.4, 0.5) is 0 Å². The van der Waals surface area contributed by atoms with Gasteiger partial charge in [0.2, 0.25) is 0 Å². The molecule has 26 heavy (non-hydrogen) atoms. The van der Waals surface area contributed by atoms with Crippen LogP contribution in [0.2, 0.25) is 0 Å². The molecular formula is C21H22N2O3. The highest BCUT2D eigenvalue weighted by atomic mass is 16.5. The van der Waals surface area contributed by atoms with E-state index < -0.39 is 0 Å². The topological polar surface area (TPSA) is 59.0 Å². The third-order valence-electron chi connectivity index (χ3n) is 4.39. The van der Waals surface area contributed by atoms with E-state index in [1.54, 1.807) is 0 Å². The number of carbonyl (C=O) groups excluding carboxylic acids is 2. The summed E-state index contributed by atoms with van der Waals surface area (Å²) >= 11 is 0. The Morgan fingerprint density at radius 3 is 2.42 bits per heavy atom. The molecule has 134 valence electrons. The molecule has 0 radical (unpaired) electrons. The van der Waals surface area contributed by atoms with Crippen molar-refractivity contribution in [1.82, 2.24) is 5.01 Å². The second-order valence-electron chi connectivity index (χ2n) is 6.36. The molecule has 5 heteroatoms. The molecule has 1 atom stereocenters. The molecule has 1 heterocycles. The van der Waals surface area contributed by atoms with Crippen LogP contribution in [0.1, 0.15) is 36.8 Å². The van der Waals surface area contributed by atoms with E-state index in [-0.39, 0.29) is 30.8 Å². The van der Waals surface area contributed by atoms with Crippen molar-refractivity contribution in [1.29, 1.82) is 0 Å². The monoisotopic (exact) mass is 350 g/mol. The third kappa shape index (κ3) is 4.57. The molecular weight excluding hydrogens is 328 g/mol. The van der Waals surface area contributed by atoms with Gasteiger partial charge in [-0.25, -0.2) is 5.01 Å². The first-order valence-electron chi connectivity index (χ1n) is 8.77. The minimum absolute atomic E-state index is 0.0493. The lowest BCUT2D eigenvalue weighted by molar-refractivity contribution is -0.152. The van der Waals surface area contributed by atoms with Gasteiger partial charge in [-0.2, -0.15) is 5.10 Å². The van der Waals surface area contributed by atoms with Gasteiger partial charge in [-0.15, -0.1) is 0 Å². The molecule has 0 saturated heterocycles. The number of esters is 1. The second kappa shape index (κ2) is 8.43. The third-order valence-corrected chi connectivity index (χ3v) is 4.39. The van der Waals surface area contributed by atoms with E-state index in [1.165, 1.54) is 5.01 Å². The smallest absolute Gasteiger partial charge is 0.306 e. The Morgan fingerprint density at radius 2 is 1.73 bits per heavy atom. The van der Waals surface area contributed by atoms with E-state index >= 15 is 0 Å². The number of hydrogen-bond donors (Lipinski definition) is 0. The quantitative estimate of drug-likeness (QED) is 0.751. The Kier molecular flexibility index (Phi) is 5.79. The van der Waals surface area contributed by atoms with Gasteiger partial charge in [0.15, 0.2) is 6.61 Å². The van der Waals surface area contributed by atoms with Gasteiger partial charge < -0.3 is 4.74 Å². The molecule has 0 bridgehead atoms. The van der Waals surface area contributed by atoms with Crippen LogP contribution in [0.5, 0.6) is 0 Å². The predicted octanol–water partition coefficient (Wildman–Crippen LogP) is 3.36. The van der Waals surface area contributed by atoms with Crippen molar-refractivity contribution in [3.63, 3.8) is 0 Å². The van der Waals surface area contributed by atoms with Gasteiger partial charge in [-0.1, -0.05) is 67.6 Å². The number of benzene rings is 2. The average molecular weight is 350 g/mol. The molecule has 2 aromatic carbocycles. The van der Waals surface area contributed by atoms with E-state index in [0.717, 1.165) is 16.8 Å². The molecule has 0 saturated carbocycles. The minimum atomic E-state index is -0.374. The molecule has 0 N–H and O–H groups in total. The van der Waals surface area contributed by atoms with Gasteiger partial charge in [-0.05, 0) is 17.0 Å². The van der Waals surface area contributed by atoms with E-state index in [9.17, 15) is 9.59 Å². The summed E-state index contributed by atoms with van der Waals surface area (Å²) in [6.45, 7) is 2.21. The first-order chi connectivity index (χ1) is 12.6. The fourth-order valence-electron chi connectivity index (χ4n) is 2.90. The highest BCUT2D eigenvalue weighted by Crippen LogP contribution is 2.19. The molecule has 5 nitrogen and oxygen atoms in total. The van der Waals surface area contributed by atoms with Crippen LogP contribution in [-0.4, -0.2) is 35.7 Å². The Morgan fingerprint density at radius 1 is 1.08 bits per heavy atom. The summed E-state index contributed by atoms with van der Waals surface area (Å²) in [5.41, 5.74) is 2.96. The van der Waals surface area contributed by atoms with Crippen LogP contribution in [0.25, 0.3) is 0 Å². The molecule has 1 unspecified atom stereocenters. The van der Waals surface area contributed by atoms with Crippen LogP contribution >= 0.6 is 0 Å². The first-order valence-corrected chi connectivity index (χ1v) is 8.77. The number of ether oxygens (including phenoxy) is 1. The molecule has 1 aliphatic rings. The molecule has 0 aromatic heterocycles. The van der Waals surface area contributed by atoms with E-state index in [0.29, 0.717) is 13.0 Å². The van der Waals surface area contributed by atoms with E-state index in [4.69, 9.17) is 4.74 Å². The van der Waals surface area contributed by atoms with E-state index in [1.807, 2.05) is 67.6 Å². The van der Waals surface area contributed by atoms with Gasteiger partial charge in [0.1, 0.15) is 0 Å². The zero-order valence-electron chi connectivity index (χ0n) is 14.8.